The van der Waals surface area contributed by atoms with Gasteiger partial charge in [0, 0.05) is 23.8 Å². The van der Waals surface area contributed by atoms with Gasteiger partial charge in [0.1, 0.15) is 5.82 Å². The number of hydrogen-bond acceptors (Lipinski definition) is 2. The molecule has 0 saturated carbocycles. The highest BCUT2D eigenvalue weighted by atomic mass is 19.1. The number of nitrogens with one attached hydrogen (secondary N) is 2. The molecule has 0 spiro atoms. The number of pyridine rings is 1. The first-order valence-corrected chi connectivity index (χ1v) is 7.37. The van der Waals surface area contributed by atoms with Gasteiger partial charge in [-0.1, -0.05) is 18.2 Å². The van der Waals surface area contributed by atoms with Crippen LogP contribution in [-0.4, -0.2) is 4.98 Å². The van der Waals surface area contributed by atoms with Gasteiger partial charge in [0.15, 0.2) is 0 Å². The Hall–Kier alpha value is -1.94. The molecule has 2 atom stereocenters. The fourth-order valence-electron chi connectivity index (χ4n) is 3.02. The van der Waals surface area contributed by atoms with Crippen LogP contribution in [0.2, 0.25) is 0 Å². The Morgan fingerprint density at radius 1 is 1.24 bits per heavy atom. The standard InChI is InChI=1S/C17H19FN2O/c1-11(12-5-7-13(18)8-6-12)19-15-3-2-4-16-14(15)9-10-17(21)20-16/h5-11,15,19H,2-4H2,1H3,(H,20,21)/t11-,15?/m0/s1. The van der Waals surface area contributed by atoms with Crippen molar-refractivity contribution in [2.45, 2.75) is 38.3 Å². The van der Waals surface area contributed by atoms with E-state index in [1.807, 2.05) is 18.2 Å². The van der Waals surface area contributed by atoms with Gasteiger partial charge in [-0.3, -0.25) is 4.79 Å². The number of benzene rings is 1. The van der Waals surface area contributed by atoms with Crippen LogP contribution >= 0.6 is 0 Å². The average Bonchev–Trinajstić information content (AvgIpc) is 2.47. The summed E-state index contributed by atoms with van der Waals surface area (Å²) in [5.74, 6) is -0.216. The summed E-state index contributed by atoms with van der Waals surface area (Å²) in [6.45, 7) is 2.08. The number of aryl methyl sites for hydroxylation is 1. The third kappa shape index (κ3) is 3.05. The van der Waals surface area contributed by atoms with Crippen molar-refractivity contribution in [3.63, 3.8) is 0 Å². The number of halogens is 1. The second kappa shape index (κ2) is 5.82. The topological polar surface area (TPSA) is 44.9 Å². The van der Waals surface area contributed by atoms with Crippen LogP contribution in [0.15, 0.2) is 41.2 Å². The van der Waals surface area contributed by atoms with Crippen molar-refractivity contribution in [2.75, 3.05) is 0 Å². The van der Waals surface area contributed by atoms with E-state index in [-0.39, 0.29) is 23.5 Å². The van der Waals surface area contributed by atoms with Crippen LogP contribution in [0.4, 0.5) is 4.39 Å². The maximum atomic E-state index is 13.0. The highest BCUT2D eigenvalue weighted by Crippen LogP contribution is 2.30. The molecule has 0 radical (unpaired) electrons. The van der Waals surface area contributed by atoms with Gasteiger partial charge in [0.05, 0.1) is 0 Å². The molecule has 4 heteroatoms. The molecule has 1 aliphatic carbocycles. The van der Waals surface area contributed by atoms with E-state index in [0.29, 0.717) is 0 Å². The van der Waals surface area contributed by atoms with Gasteiger partial charge in [-0.2, -0.15) is 0 Å². The third-order valence-corrected chi connectivity index (χ3v) is 4.15. The summed E-state index contributed by atoms with van der Waals surface area (Å²) in [5, 5.41) is 3.59. The molecule has 3 nitrogen and oxygen atoms in total. The van der Waals surface area contributed by atoms with E-state index < -0.39 is 0 Å². The number of aromatic nitrogens is 1. The second-order valence-electron chi connectivity index (χ2n) is 5.64. The summed E-state index contributed by atoms with van der Waals surface area (Å²) in [6.07, 6.45) is 3.03. The number of H-pyrrole nitrogens is 1. The molecule has 21 heavy (non-hydrogen) atoms. The van der Waals surface area contributed by atoms with Crippen molar-refractivity contribution in [1.29, 1.82) is 0 Å². The molecule has 2 aromatic rings. The van der Waals surface area contributed by atoms with E-state index in [0.717, 1.165) is 30.5 Å². The molecule has 1 aromatic heterocycles. The molecule has 0 bridgehead atoms. The molecule has 1 aliphatic rings. The van der Waals surface area contributed by atoms with Gasteiger partial charge in [-0.15, -0.1) is 0 Å². The number of hydrogen-bond donors (Lipinski definition) is 2. The zero-order valence-corrected chi connectivity index (χ0v) is 12.0. The van der Waals surface area contributed by atoms with E-state index in [2.05, 4.69) is 17.2 Å². The third-order valence-electron chi connectivity index (χ3n) is 4.15. The van der Waals surface area contributed by atoms with Crippen LogP contribution in [0.1, 0.15) is 48.7 Å². The molecular formula is C17H19FN2O. The largest absolute Gasteiger partial charge is 0.326 e. The van der Waals surface area contributed by atoms with E-state index in [1.165, 1.54) is 17.7 Å². The summed E-state index contributed by atoms with van der Waals surface area (Å²) in [7, 11) is 0. The minimum atomic E-state index is -0.216. The van der Waals surface area contributed by atoms with Crippen LogP contribution in [0, 0.1) is 5.82 Å². The van der Waals surface area contributed by atoms with E-state index in [9.17, 15) is 9.18 Å². The first-order valence-electron chi connectivity index (χ1n) is 7.37. The van der Waals surface area contributed by atoms with E-state index >= 15 is 0 Å². The zero-order valence-electron chi connectivity index (χ0n) is 12.0. The maximum absolute atomic E-state index is 13.0. The van der Waals surface area contributed by atoms with Crippen molar-refractivity contribution < 1.29 is 4.39 Å². The van der Waals surface area contributed by atoms with Crippen molar-refractivity contribution in [2.24, 2.45) is 0 Å². The molecular weight excluding hydrogens is 267 g/mol. The predicted molar refractivity (Wildman–Crippen MR) is 80.7 cm³/mol. The maximum Gasteiger partial charge on any atom is 0.248 e. The van der Waals surface area contributed by atoms with Crippen molar-refractivity contribution in [3.8, 4) is 0 Å². The van der Waals surface area contributed by atoms with Gasteiger partial charge in [-0.05, 0) is 49.4 Å². The Morgan fingerprint density at radius 2 is 2.00 bits per heavy atom. The fraction of sp³-hybridized carbons (Fsp3) is 0.353. The highest BCUT2D eigenvalue weighted by molar-refractivity contribution is 5.27. The lowest BCUT2D eigenvalue weighted by Gasteiger charge is -2.29. The molecule has 1 unspecified atom stereocenters. The quantitative estimate of drug-likeness (QED) is 0.909. The Balaban J connectivity index is 1.80. The SMILES string of the molecule is C[C@H](NC1CCCc2[nH]c(=O)ccc21)c1ccc(F)cc1. The minimum Gasteiger partial charge on any atom is -0.326 e. The molecule has 110 valence electrons. The lowest BCUT2D eigenvalue weighted by atomic mass is 9.90. The van der Waals surface area contributed by atoms with Gasteiger partial charge in [0.25, 0.3) is 0 Å². The van der Waals surface area contributed by atoms with E-state index in [4.69, 9.17) is 0 Å². The van der Waals surface area contributed by atoms with Gasteiger partial charge >= 0.3 is 0 Å². The molecule has 0 saturated heterocycles. The van der Waals surface area contributed by atoms with Gasteiger partial charge < -0.3 is 10.3 Å². The average molecular weight is 286 g/mol. The Labute approximate surface area is 123 Å². The Morgan fingerprint density at radius 3 is 2.76 bits per heavy atom. The minimum absolute atomic E-state index is 0.0408. The van der Waals surface area contributed by atoms with E-state index in [1.54, 1.807) is 6.07 Å². The molecule has 0 aliphatic heterocycles. The van der Waals surface area contributed by atoms with Gasteiger partial charge in [-0.25, -0.2) is 4.39 Å². The fourth-order valence-corrected chi connectivity index (χ4v) is 3.02. The number of aromatic amines is 1. The summed E-state index contributed by atoms with van der Waals surface area (Å²) in [4.78, 5) is 14.3. The lowest BCUT2D eigenvalue weighted by molar-refractivity contribution is 0.411. The zero-order chi connectivity index (χ0) is 14.8. The van der Waals surface area contributed by atoms with Crippen LogP contribution in [-0.2, 0) is 6.42 Å². The van der Waals surface area contributed by atoms with Crippen LogP contribution in [0.3, 0.4) is 0 Å². The monoisotopic (exact) mass is 286 g/mol. The summed E-state index contributed by atoms with van der Waals surface area (Å²) in [6, 6.07) is 10.5. The summed E-state index contributed by atoms with van der Waals surface area (Å²) < 4.78 is 13.0. The highest BCUT2D eigenvalue weighted by Gasteiger charge is 2.22. The van der Waals surface area contributed by atoms with Crippen LogP contribution in [0.25, 0.3) is 0 Å². The molecule has 1 heterocycles. The second-order valence-corrected chi connectivity index (χ2v) is 5.64. The van der Waals surface area contributed by atoms with Crippen molar-refractivity contribution in [3.05, 3.63) is 69.4 Å². The molecule has 1 aromatic carbocycles. The molecule has 2 N–H and O–H groups in total. The van der Waals surface area contributed by atoms with Gasteiger partial charge in [0.2, 0.25) is 5.56 Å². The molecule has 0 amide bonds. The molecule has 3 rings (SSSR count). The Bertz CT molecular complexity index is 678. The van der Waals surface area contributed by atoms with Crippen molar-refractivity contribution >= 4 is 0 Å². The normalized spacial score (nSPS) is 19.0. The van der Waals surface area contributed by atoms with Crippen LogP contribution in [0.5, 0.6) is 0 Å². The van der Waals surface area contributed by atoms with Crippen LogP contribution < -0.4 is 10.9 Å². The number of rotatable bonds is 3. The molecule has 0 fully saturated rings. The smallest absolute Gasteiger partial charge is 0.248 e. The first-order chi connectivity index (χ1) is 10.1. The first kappa shape index (κ1) is 14.0. The summed E-state index contributed by atoms with van der Waals surface area (Å²) in [5.41, 5.74) is 3.24. The predicted octanol–water partition coefficient (Wildman–Crippen LogP) is 3.24. The summed E-state index contributed by atoms with van der Waals surface area (Å²) >= 11 is 0. The Kier molecular flexibility index (Phi) is 3.88. The van der Waals surface area contributed by atoms with Crippen molar-refractivity contribution in [1.82, 2.24) is 10.3 Å². The number of fused-ring (bicyclic) bond motifs is 1. The lowest BCUT2D eigenvalue weighted by Crippen LogP contribution is -2.29.